The molecule has 86 valence electrons. The van der Waals surface area contributed by atoms with Crippen LogP contribution in [0, 0.1) is 0 Å². The van der Waals surface area contributed by atoms with Crippen LogP contribution in [0.2, 0.25) is 0 Å². The molecule has 0 radical (unpaired) electrons. The number of benzene rings is 1. The van der Waals surface area contributed by atoms with E-state index in [2.05, 4.69) is 58.5 Å². The molecule has 1 nitrogen and oxygen atoms in total. The van der Waals surface area contributed by atoms with Crippen LogP contribution < -0.4 is 5.32 Å². The van der Waals surface area contributed by atoms with E-state index in [0.29, 0.717) is 4.83 Å². The van der Waals surface area contributed by atoms with E-state index in [0.717, 1.165) is 19.5 Å². The van der Waals surface area contributed by atoms with Gasteiger partial charge >= 0.3 is 0 Å². The van der Waals surface area contributed by atoms with E-state index in [9.17, 15) is 0 Å². The van der Waals surface area contributed by atoms with Gasteiger partial charge in [-0.05, 0) is 24.9 Å². The van der Waals surface area contributed by atoms with E-state index >= 15 is 0 Å². The van der Waals surface area contributed by atoms with Crippen molar-refractivity contribution < 1.29 is 0 Å². The first-order valence-corrected chi connectivity index (χ1v) is 6.13. The van der Waals surface area contributed by atoms with Gasteiger partial charge < -0.3 is 5.32 Å². The summed E-state index contributed by atoms with van der Waals surface area (Å²) in [6.07, 6.45) is 2.29. The highest BCUT2D eigenvalue weighted by Gasteiger charge is 1.98. The van der Waals surface area contributed by atoms with Gasteiger partial charge in [0.15, 0.2) is 0 Å². The number of hydrogen-bond donors (Lipinski definition) is 1. The average Bonchev–Trinajstić information content (AvgIpc) is 2.25. The molecule has 0 saturated carbocycles. The van der Waals surface area contributed by atoms with Gasteiger partial charge in [-0.2, -0.15) is 0 Å². The maximum atomic E-state index is 3.60. The zero-order valence-electron chi connectivity index (χ0n) is 9.08. The van der Waals surface area contributed by atoms with Crippen molar-refractivity contribution in [1.82, 2.24) is 5.32 Å². The fraction of sp³-hybridized carbons (Fsp3) is 0.500. The number of hydrogen-bond acceptors (Lipinski definition) is 1. The summed E-state index contributed by atoms with van der Waals surface area (Å²) < 4.78 is 0. The Hall–Kier alpha value is 0.140. The molecule has 1 aromatic rings. The summed E-state index contributed by atoms with van der Waals surface area (Å²) in [5.41, 5.74) is 1.41. The van der Waals surface area contributed by atoms with E-state index in [1.165, 1.54) is 12.0 Å². The number of nitrogens with one attached hydrogen (secondary N) is 1. The molecule has 0 amide bonds. The third-order valence-electron chi connectivity index (χ3n) is 2.24. The molecule has 1 N–H and O–H groups in total. The lowest BCUT2D eigenvalue weighted by molar-refractivity contribution is 0.656. The summed E-state index contributed by atoms with van der Waals surface area (Å²) in [5.74, 6) is 0. The minimum Gasteiger partial charge on any atom is -0.315 e. The molecule has 1 aromatic carbocycles. The highest BCUT2D eigenvalue weighted by atomic mass is 79.9. The van der Waals surface area contributed by atoms with Gasteiger partial charge in [-0.25, -0.2) is 0 Å². The number of alkyl halides is 1. The van der Waals surface area contributed by atoms with E-state index in [1.807, 2.05) is 0 Å². The molecule has 0 bridgehead atoms. The predicted molar refractivity (Wildman–Crippen MR) is 76.3 cm³/mol. The first-order valence-electron chi connectivity index (χ1n) is 5.21. The average molecular weight is 337 g/mol. The van der Waals surface area contributed by atoms with Crippen LogP contribution in [0.1, 0.15) is 18.9 Å². The Bertz CT molecular complexity index is 239. The summed E-state index contributed by atoms with van der Waals surface area (Å²) in [4.78, 5) is 0.610. The largest absolute Gasteiger partial charge is 0.315 e. The third kappa shape index (κ3) is 7.09. The van der Waals surface area contributed by atoms with Gasteiger partial charge in [0.25, 0.3) is 0 Å². The predicted octanol–water partition coefficient (Wildman–Crippen LogP) is 3.57. The van der Waals surface area contributed by atoms with Crippen LogP contribution in [-0.4, -0.2) is 17.9 Å². The van der Waals surface area contributed by atoms with Crippen LogP contribution in [0.15, 0.2) is 30.3 Å². The highest BCUT2D eigenvalue weighted by Crippen LogP contribution is 2.02. The summed E-state index contributed by atoms with van der Waals surface area (Å²) in [6, 6.07) is 10.6. The molecule has 3 heteroatoms. The van der Waals surface area contributed by atoms with Gasteiger partial charge in [-0.3, -0.25) is 0 Å². The molecule has 0 aromatic heterocycles. The van der Waals surface area contributed by atoms with E-state index in [4.69, 9.17) is 0 Å². The molecular formula is C12H19Br2N. The summed E-state index contributed by atoms with van der Waals surface area (Å²) in [7, 11) is 0. The zero-order chi connectivity index (χ0) is 10.2. The fourth-order valence-electron chi connectivity index (χ4n) is 1.28. The van der Waals surface area contributed by atoms with Gasteiger partial charge in [0, 0.05) is 11.4 Å². The molecule has 0 aliphatic heterocycles. The van der Waals surface area contributed by atoms with Crippen molar-refractivity contribution in [1.29, 1.82) is 0 Å². The lowest BCUT2D eigenvalue weighted by atomic mass is 10.1. The second kappa shape index (κ2) is 9.37. The third-order valence-corrected chi connectivity index (χ3v) is 3.21. The second-order valence-corrected chi connectivity index (χ2v) is 4.74. The van der Waals surface area contributed by atoms with Crippen LogP contribution in [0.25, 0.3) is 0 Å². The van der Waals surface area contributed by atoms with Crippen LogP contribution >= 0.6 is 32.9 Å². The zero-order valence-corrected chi connectivity index (χ0v) is 12.4. The minimum atomic E-state index is 0. The normalized spacial score (nSPS) is 11.9. The van der Waals surface area contributed by atoms with E-state index in [1.54, 1.807) is 0 Å². The van der Waals surface area contributed by atoms with Gasteiger partial charge in [0.05, 0.1) is 0 Å². The quantitative estimate of drug-likeness (QED) is 0.618. The molecule has 15 heavy (non-hydrogen) atoms. The Morgan fingerprint density at radius 1 is 1.27 bits per heavy atom. The Kier molecular flexibility index (Phi) is 9.46. The lowest BCUT2D eigenvalue weighted by Gasteiger charge is -2.08. The Balaban J connectivity index is 0.00000196. The molecule has 0 fully saturated rings. The van der Waals surface area contributed by atoms with E-state index < -0.39 is 0 Å². The molecule has 0 aliphatic carbocycles. The van der Waals surface area contributed by atoms with Gasteiger partial charge in [-0.15, -0.1) is 17.0 Å². The van der Waals surface area contributed by atoms with Crippen molar-refractivity contribution >= 4 is 32.9 Å². The number of rotatable bonds is 6. The Morgan fingerprint density at radius 2 is 1.93 bits per heavy atom. The molecule has 0 spiro atoms. The summed E-state index contributed by atoms with van der Waals surface area (Å²) >= 11 is 3.60. The van der Waals surface area contributed by atoms with Crippen molar-refractivity contribution in [3.63, 3.8) is 0 Å². The molecule has 1 unspecified atom stereocenters. The smallest absolute Gasteiger partial charge is 0.0268 e. The maximum Gasteiger partial charge on any atom is 0.0268 e. The Morgan fingerprint density at radius 3 is 2.53 bits per heavy atom. The molecule has 0 heterocycles. The Labute approximate surface area is 112 Å². The van der Waals surface area contributed by atoms with Crippen molar-refractivity contribution in [2.75, 3.05) is 13.1 Å². The molecular weight excluding hydrogens is 318 g/mol. The number of halogens is 2. The van der Waals surface area contributed by atoms with Crippen LogP contribution in [-0.2, 0) is 6.42 Å². The monoisotopic (exact) mass is 335 g/mol. The van der Waals surface area contributed by atoms with Gasteiger partial charge in [0.1, 0.15) is 0 Å². The highest BCUT2D eigenvalue weighted by molar-refractivity contribution is 9.09. The van der Waals surface area contributed by atoms with Gasteiger partial charge in [-0.1, -0.05) is 53.2 Å². The van der Waals surface area contributed by atoms with Crippen LogP contribution in [0.4, 0.5) is 0 Å². The SMILES string of the molecule is Br.CCC(Br)CNCCc1ccccc1. The molecule has 1 rings (SSSR count). The molecule has 0 saturated heterocycles. The molecule has 0 aliphatic rings. The second-order valence-electron chi connectivity index (χ2n) is 3.45. The minimum absolute atomic E-state index is 0. The standard InChI is InChI=1S/C12H18BrN.BrH/c1-2-12(13)10-14-9-8-11-6-4-3-5-7-11;/h3-7,12,14H,2,8-10H2,1H3;1H. The maximum absolute atomic E-state index is 3.60. The van der Waals surface area contributed by atoms with Crippen molar-refractivity contribution in [2.45, 2.75) is 24.6 Å². The first kappa shape index (κ1) is 15.1. The van der Waals surface area contributed by atoms with Crippen molar-refractivity contribution in [3.8, 4) is 0 Å². The summed E-state index contributed by atoms with van der Waals surface area (Å²) in [5, 5.41) is 3.44. The van der Waals surface area contributed by atoms with Crippen molar-refractivity contribution in [2.24, 2.45) is 0 Å². The van der Waals surface area contributed by atoms with Crippen molar-refractivity contribution in [3.05, 3.63) is 35.9 Å². The van der Waals surface area contributed by atoms with Crippen LogP contribution in [0.3, 0.4) is 0 Å². The fourth-order valence-corrected chi connectivity index (χ4v) is 1.51. The first-order chi connectivity index (χ1) is 6.83. The van der Waals surface area contributed by atoms with Crippen LogP contribution in [0.5, 0.6) is 0 Å². The topological polar surface area (TPSA) is 12.0 Å². The lowest BCUT2D eigenvalue weighted by Crippen LogP contribution is -2.24. The summed E-state index contributed by atoms with van der Waals surface area (Å²) in [6.45, 7) is 4.31. The van der Waals surface area contributed by atoms with E-state index in [-0.39, 0.29) is 17.0 Å². The molecule has 1 atom stereocenters. The van der Waals surface area contributed by atoms with Gasteiger partial charge in [0.2, 0.25) is 0 Å².